The zero-order valence-electron chi connectivity index (χ0n) is 17.1. The fourth-order valence-corrected chi connectivity index (χ4v) is 4.38. The van der Waals surface area contributed by atoms with Gasteiger partial charge in [0.2, 0.25) is 0 Å². The summed E-state index contributed by atoms with van der Waals surface area (Å²) in [7, 11) is 0. The third-order valence-electron chi connectivity index (χ3n) is 5.87. The van der Waals surface area contributed by atoms with Crippen LogP contribution in [0, 0.1) is 12.7 Å². The van der Waals surface area contributed by atoms with Crippen molar-refractivity contribution in [3.05, 3.63) is 113 Å². The lowest BCUT2D eigenvalue weighted by molar-refractivity contribution is 0.0691. The molecule has 0 saturated heterocycles. The molecule has 1 aromatic heterocycles. The lowest BCUT2D eigenvalue weighted by Crippen LogP contribution is -2.41. The summed E-state index contributed by atoms with van der Waals surface area (Å²) in [6, 6.07) is 23.6. The topological polar surface area (TPSA) is 46.3 Å². The van der Waals surface area contributed by atoms with Crippen molar-refractivity contribution in [3.63, 3.8) is 0 Å². The van der Waals surface area contributed by atoms with Crippen LogP contribution in [-0.4, -0.2) is 22.5 Å². The third kappa shape index (κ3) is 3.32. The zero-order valence-corrected chi connectivity index (χ0v) is 17.1. The Bertz CT molecular complexity index is 1250. The Hall–Kier alpha value is -3.73. The van der Waals surface area contributed by atoms with E-state index in [1.807, 2.05) is 54.6 Å². The Kier molecular flexibility index (Phi) is 4.86. The maximum Gasteiger partial charge on any atom is 0.260 e. The number of carbonyl (C=O) groups is 1. The Morgan fingerprint density at radius 2 is 1.65 bits per heavy atom. The molecule has 0 fully saturated rings. The minimum atomic E-state index is -0.517. The molecule has 0 bridgehead atoms. The lowest BCUT2D eigenvalue weighted by atomic mass is 9.87. The average molecular weight is 412 g/mol. The first-order valence-corrected chi connectivity index (χ1v) is 10.3. The Morgan fingerprint density at radius 1 is 0.968 bits per heavy atom. The Balaban J connectivity index is 1.64. The summed E-state index contributed by atoms with van der Waals surface area (Å²) in [6.07, 6.45) is 0.706. The molecule has 3 aromatic carbocycles. The van der Waals surface area contributed by atoms with Gasteiger partial charge >= 0.3 is 0 Å². The van der Waals surface area contributed by atoms with Crippen LogP contribution >= 0.6 is 0 Å². The number of hydrogen-bond acceptors (Lipinski definition) is 3. The van der Waals surface area contributed by atoms with Crippen LogP contribution in [0.3, 0.4) is 0 Å². The first kappa shape index (κ1) is 19.2. The number of amides is 1. The van der Waals surface area contributed by atoms with Crippen LogP contribution in [0.1, 0.15) is 38.9 Å². The van der Waals surface area contributed by atoms with E-state index in [4.69, 9.17) is 4.52 Å². The molecule has 2 heterocycles. The van der Waals surface area contributed by atoms with Gasteiger partial charge in [0.05, 0.1) is 6.04 Å². The van der Waals surface area contributed by atoms with Gasteiger partial charge in [-0.15, -0.1) is 0 Å². The molecule has 31 heavy (non-hydrogen) atoms. The van der Waals surface area contributed by atoms with E-state index in [1.165, 1.54) is 6.07 Å². The van der Waals surface area contributed by atoms with Crippen LogP contribution in [0.2, 0.25) is 0 Å². The molecule has 4 aromatic rings. The average Bonchev–Trinajstić information content (AvgIpc) is 3.20. The van der Waals surface area contributed by atoms with Crippen molar-refractivity contribution in [1.29, 1.82) is 0 Å². The maximum absolute atomic E-state index is 14.9. The predicted octanol–water partition coefficient (Wildman–Crippen LogP) is 5.58. The molecule has 0 saturated carbocycles. The van der Waals surface area contributed by atoms with E-state index in [1.54, 1.807) is 30.0 Å². The summed E-state index contributed by atoms with van der Waals surface area (Å²) in [6.45, 7) is 2.22. The van der Waals surface area contributed by atoms with Crippen LogP contribution in [0.15, 0.2) is 83.4 Å². The van der Waals surface area contributed by atoms with Gasteiger partial charge in [0.15, 0.2) is 0 Å². The van der Waals surface area contributed by atoms with Gasteiger partial charge in [0.1, 0.15) is 22.8 Å². The number of carbonyl (C=O) groups excluding carboxylic acids is 1. The highest BCUT2D eigenvalue weighted by Gasteiger charge is 2.36. The molecule has 0 spiro atoms. The molecule has 0 N–H and O–H groups in total. The van der Waals surface area contributed by atoms with Crippen LogP contribution < -0.4 is 0 Å². The van der Waals surface area contributed by atoms with E-state index in [-0.39, 0.29) is 11.7 Å². The summed E-state index contributed by atoms with van der Waals surface area (Å²) in [5, 5.41) is 4.16. The molecule has 1 amide bonds. The zero-order chi connectivity index (χ0) is 21.4. The molecule has 1 atom stereocenters. The summed E-state index contributed by atoms with van der Waals surface area (Å²) in [4.78, 5) is 15.6. The van der Waals surface area contributed by atoms with Crippen molar-refractivity contribution in [2.24, 2.45) is 0 Å². The number of nitrogens with zero attached hydrogens (tertiary/aromatic N) is 2. The van der Waals surface area contributed by atoms with Gasteiger partial charge in [0, 0.05) is 17.7 Å². The van der Waals surface area contributed by atoms with Crippen LogP contribution in [-0.2, 0) is 6.42 Å². The highest BCUT2D eigenvalue weighted by atomic mass is 19.1. The second kappa shape index (κ2) is 7.84. The number of aryl methyl sites for hydroxylation is 1. The van der Waals surface area contributed by atoms with Crippen LogP contribution in [0.4, 0.5) is 4.39 Å². The largest absolute Gasteiger partial charge is 0.360 e. The van der Waals surface area contributed by atoms with E-state index in [0.717, 1.165) is 16.7 Å². The Morgan fingerprint density at radius 3 is 2.42 bits per heavy atom. The first-order valence-electron chi connectivity index (χ1n) is 10.3. The second-order valence-corrected chi connectivity index (χ2v) is 7.70. The van der Waals surface area contributed by atoms with Crippen molar-refractivity contribution >= 4 is 5.91 Å². The van der Waals surface area contributed by atoms with E-state index in [9.17, 15) is 9.18 Å². The molecule has 154 valence electrons. The Labute approximate surface area is 179 Å². The number of hydrogen-bond donors (Lipinski definition) is 0. The molecular formula is C26H21FN2O2. The number of aromatic nitrogens is 1. The standard InChI is InChI=1S/C26H21FN2O2/c1-17-23(24(28-31-17)19-10-3-2-4-11-19)26(30)29-16-15-18-9-5-6-12-20(18)25(29)21-13-7-8-14-22(21)27/h2-14,25H,15-16H2,1H3. The summed E-state index contributed by atoms with van der Waals surface area (Å²) in [5.74, 6) is -0.0809. The molecular weight excluding hydrogens is 391 g/mol. The number of rotatable bonds is 3. The van der Waals surface area contributed by atoms with E-state index < -0.39 is 6.04 Å². The lowest BCUT2D eigenvalue weighted by Gasteiger charge is -2.38. The highest BCUT2D eigenvalue weighted by Crippen LogP contribution is 2.38. The van der Waals surface area contributed by atoms with Gasteiger partial charge in [-0.3, -0.25) is 4.79 Å². The molecule has 1 aliphatic heterocycles. The third-order valence-corrected chi connectivity index (χ3v) is 5.87. The molecule has 4 nitrogen and oxygen atoms in total. The molecule has 1 aliphatic rings. The monoisotopic (exact) mass is 412 g/mol. The summed E-state index contributed by atoms with van der Waals surface area (Å²) >= 11 is 0. The van der Waals surface area contributed by atoms with Crippen molar-refractivity contribution in [2.45, 2.75) is 19.4 Å². The van der Waals surface area contributed by atoms with Crippen molar-refractivity contribution in [1.82, 2.24) is 10.1 Å². The van der Waals surface area contributed by atoms with E-state index in [0.29, 0.717) is 35.5 Å². The van der Waals surface area contributed by atoms with Gasteiger partial charge in [0.25, 0.3) is 5.91 Å². The molecule has 5 rings (SSSR count). The highest BCUT2D eigenvalue weighted by molar-refractivity contribution is 6.01. The maximum atomic E-state index is 14.9. The second-order valence-electron chi connectivity index (χ2n) is 7.70. The molecule has 1 unspecified atom stereocenters. The van der Waals surface area contributed by atoms with Crippen LogP contribution in [0.25, 0.3) is 11.3 Å². The fraction of sp³-hybridized carbons (Fsp3) is 0.154. The summed E-state index contributed by atoms with van der Waals surface area (Å²) < 4.78 is 20.3. The van der Waals surface area contributed by atoms with Crippen molar-refractivity contribution in [2.75, 3.05) is 6.54 Å². The molecule has 5 heteroatoms. The van der Waals surface area contributed by atoms with E-state index >= 15 is 0 Å². The van der Waals surface area contributed by atoms with Gasteiger partial charge in [-0.25, -0.2) is 4.39 Å². The normalized spacial score (nSPS) is 15.5. The SMILES string of the molecule is Cc1onc(-c2ccccc2)c1C(=O)N1CCc2ccccc2C1c1ccccc1F. The van der Waals surface area contributed by atoms with Gasteiger partial charge < -0.3 is 9.42 Å². The quantitative estimate of drug-likeness (QED) is 0.441. The predicted molar refractivity (Wildman–Crippen MR) is 116 cm³/mol. The van der Waals surface area contributed by atoms with Gasteiger partial charge in [-0.05, 0) is 30.5 Å². The number of benzene rings is 3. The molecule has 0 radical (unpaired) electrons. The van der Waals surface area contributed by atoms with Gasteiger partial charge in [-0.1, -0.05) is 78.0 Å². The van der Waals surface area contributed by atoms with E-state index in [2.05, 4.69) is 5.16 Å². The minimum Gasteiger partial charge on any atom is -0.360 e. The van der Waals surface area contributed by atoms with Crippen molar-refractivity contribution < 1.29 is 13.7 Å². The fourth-order valence-electron chi connectivity index (χ4n) is 4.38. The summed E-state index contributed by atoms with van der Waals surface area (Å²) in [5.41, 5.74) is 4.30. The first-order chi connectivity index (χ1) is 15.1. The number of fused-ring (bicyclic) bond motifs is 1. The minimum absolute atomic E-state index is 0.208. The van der Waals surface area contributed by atoms with Crippen LogP contribution in [0.5, 0.6) is 0 Å². The van der Waals surface area contributed by atoms with Gasteiger partial charge in [-0.2, -0.15) is 0 Å². The molecule has 0 aliphatic carbocycles. The van der Waals surface area contributed by atoms with Crippen molar-refractivity contribution in [3.8, 4) is 11.3 Å². The number of halogens is 1. The smallest absolute Gasteiger partial charge is 0.260 e.